The second-order valence-electron chi connectivity index (χ2n) is 5.57. The molecule has 2 aliphatic rings. The third-order valence-corrected chi connectivity index (χ3v) is 4.23. The summed E-state index contributed by atoms with van der Waals surface area (Å²) in [6, 6.07) is 0. The van der Waals surface area contributed by atoms with Crippen molar-refractivity contribution in [3.05, 3.63) is 12.2 Å². The fourth-order valence-electron chi connectivity index (χ4n) is 3.07. The summed E-state index contributed by atoms with van der Waals surface area (Å²) in [6.07, 6.45) is 7.58. The molecule has 0 atom stereocenters. The van der Waals surface area contributed by atoms with Gasteiger partial charge in [0, 0.05) is 26.2 Å². The molecule has 1 aliphatic carbocycles. The molecule has 0 saturated heterocycles. The van der Waals surface area contributed by atoms with Gasteiger partial charge in [0.1, 0.15) is 12.2 Å². The zero-order chi connectivity index (χ0) is 12.2. The maximum atomic E-state index is 4.15. The summed E-state index contributed by atoms with van der Waals surface area (Å²) in [5.74, 6) is 2.05. The van der Waals surface area contributed by atoms with Crippen LogP contribution >= 0.6 is 0 Å². The SMILES string of the molecule is c1nnc2n1CCN(CCNCC1CCCC1)C2. The average molecular weight is 249 g/mol. The summed E-state index contributed by atoms with van der Waals surface area (Å²) < 4.78 is 2.16. The van der Waals surface area contributed by atoms with E-state index in [2.05, 4.69) is 25.0 Å². The minimum Gasteiger partial charge on any atom is -0.315 e. The molecule has 3 rings (SSSR count). The minimum atomic E-state index is 0.939. The summed E-state index contributed by atoms with van der Waals surface area (Å²) in [6.45, 7) is 6.54. The van der Waals surface area contributed by atoms with Crippen molar-refractivity contribution in [2.75, 3.05) is 26.2 Å². The number of aromatic nitrogens is 3. The number of hydrogen-bond donors (Lipinski definition) is 1. The summed E-state index contributed by atoms with van der Waals surface area (Å²) in [5.41, 5.74) is 0. The monoisotopic (exact) mass is 249 g/mol. The Kier molecular flexibility index (Phi) is 3.90. The molecule has 1 N–H and O–H groups in total. The Balaban J connectivity index is 1.34. The van der Waals surface area contributed by atoms with E-state index in [-0.39, 0.29) is 0 Å². The molecule has 5 heteroatoms. The third-order valence-electron chi connectivity index (χ3n) is 4.23. The molecule has 18 heavy (non-hydrogen) atoms. The molecule has 1 aromatic rings. The van der Waals surface area contributed by atoms with E-state index in [0.29, 0.717) is 0 Å². The van der Waals surface area contributed by atoms with Gasteiger partial charge in [-0.25, -0.2) is 0 Å². The predicted octanol–water partition coefficient (Wildman–Crippen LogP) is 0.873. The van der Waals surface area contributed by atoms with Gasteiger partial charge in [-0.15, -0.1) is 10.2 Å². The van der Waals surface area contributed by atoms with Gasteiger partial charge in [-0.05, 0) is 25.3 Å². The lowest BCUT2D eigenvalue weighted by Crippen LogP contribution is -2.38. The van der Waals surface area contributed by atoms with Crippen LogP contribution in [-0.4, -0.2) is 45.8 Å². The second kappa shape index (κ2) is 5.80. The first-order valence-electron chi connectivity index (χ1n) is 7.21. The lowest BCUT2D eigenvalue weighted by Gasteiger charge is -2.27. The van der Waals surface area contributed by atoms with Crippen LogP contribution in [0.4, 0.5) is 0 Å². The molecule has 0 amide bonds. The lowest BCUT2D eigenvalue weighted by atomic mass is 10.1. The van der Waals surface area contributed by atoms with Crippen LogP contribution in [0.3, 0.4) is 0 Å². The third kappa shape index (κ3) is 2.90. The van der Waals surface area contributed by atoms with E-state index in [4.69, 9.17) is 0 Å². The normalized spacial score (nSPS) is 21.3. The first-order chi connectivity index (χ1) is 8.92. The lowest BCUT2D eigenvalue weighted by molar-refractivity contribution is 0.216. The van der Waals surface area contributed by atoms with Crippen LogP contribution in [0.2, 0.25) is 0 Å². The van der Waals surface area contributed by atoms with Crippen LogP contribution in [0, 0.1) is 5.92 Å². The summed E-state index contributed by atoms with van der Waals surface area (Å²) in [7, 11) is 0. The van der Waals surface area contributed by atoms with E-state index >= 15 is 0 Å². The van der Waals surface area contributed by atoms with Gasteiger partial charge in [0.25, 0.3) is 0 Å². The highest BCUT2D eigenvalue weighted by molar-refractivity contribution is 4.89. The van der Waals surface area contributed by atoms with Crippen molar-refractivity contribution in [3.63, 3.8) is 0 Å². The van der Waals surface area contributed by atoms with Gasteiger partial charge in [0.2, 0.25) is 0 Å². The van der Waals surface area contributed by atoms with Crippen LogP contribution in [0.5, 0.6) is 0 Å². The zero-order valence-corrected chi connectivity index (χ0v) is 11.0. The van der Waals surface area contributed by atoms with Crippen LogP contribution in [0.15, 0.2) is 6.33 Å². The van der Waals surface area contributed by atoms with Gasteiger partial charge in [0.15, 0.2) is 0 Å². The van der Waals surface area contributed by atoms with Crippen molar-refractivity contribution < 1.29 is 0 Å². The maximum Gasteiger partial charge on any atom is 0.147 e. The summed E-state index contributed by atoms with van der Waals surface area (Å²) >= 11 is 0. The van der Waals surface area contributed by atoms with Gasteiger partial charge in [-0.3, -0.25) is 4.90 Å². The van der Waals surface area contributed by atoms with E-state index in [1.165, 1.54) is 32.2 Å². The average Bonchev–Trinajstić information content (AvgIpc) is 3.05. The summed E-state index contributed by atoms with van der Waals surface area (Å²) in [4.78, 5) is 2.46. The zero-order valence-electron chi connectivity index (χ0n) is 11.0. The predicted molar refractivity (Wildman–Crippen MR) is 70.1 cm³/mol. The van der Waals surface area contributed by atoms with Crippen molar-refractivity contribution in [2.24, 2.45) is 5.92 Å². The maximum absolute atomic E-state index is 4.15. The Bertz CT molecular complexity index is 369. The molecular formula is C13H23N5. The summed E-state index contributed by atoms with van der Waals surface area (Å²) in [5, 5.41) is 11.7. The largest absolute Gasteiger partial charge is 0.315 e. The molecule has 1 aromatic heterocycles. The van der Waals surface area contributed by atoms with Crippen LogP contribution < -0.4 is 5.32 Å². The Morgan fingerprint density at radius 1 is 1.28 bits per heavy atom. The van der Waals surface area contributed by atoms with E-state index < -0.39 is 0 Å². The molecule has 0 spiro atoms. The van der Waals surface area contributed by atoms with Crippen molar-refractivity contribution in [1.29, 1.82) is 0 Å². The Morgan fingerprint density at radius 3 is 3.06 bits per heavy atom. The highest BCUT2D eigenvalue weighted by Gasteiger charge is 2.17. The fourth-order valence-corrected chi connectivity index (χ4v) is 3.07. The standard InChI is InChI=1S/C13H23N5/c1-2-4-12(3-1)9-14-5-6-17-7-8-18-11-15-16-13(18)10-17/h11-12,14H,1-10H2. The number of hydrogen-bond acceptors (Lipinski definition) is 4. The molecule has 0 unspecified atom stereocenters. The molecule has 2 heterocycles. The van der Waals surface area contributed by atoms with Crippen LogP contribution in [0.1, 0.15) is 31.5 Å². The highest BCUT2D eigenvalue weighted by Crippen LogP contribution is 2.23. The molecule has 0 radical (unpaired) electrons. The first-order valence-corrected chi connectivity index (χ1v) is 7.21. The van der Waals surface area contributed by atoms with Gasteiger partial charge in [0.05, 0.1) is 6.54 Å². The molecule has 0 aromatic carbocycles. The van der Waals surface area contributed by atoms with E-state index in [0.717, 1.165) is 44.5 Å². The van der Waals surface area contributed by atoms with Gasteiger partial charge < -0.3 is 9.88 Å². The number of rotatable bonds is 5. The van der Waals surface area contributed by atoms with Gasteiger partial charge in [-0.2, -0.15) is 0 Å². The van der Waals surface area contributed by atoms with E-state index in [1.54, 1.807) is 0 Å². The van der Waals surface area contributed by atoms with Crippen molar-refractivity contribution >= 4 is 0 Å². The topological polar surface area (TPSA) is 46.0 Å². The molecule has 5 nitrogen and oxygen atoms in total. The Labute approximate surface area is 109 Å². The number of fused-ring (bicyclic) bond motifs is 1. The van der Waals surface area contributed by atoms with Crippen molar-refractivity contribution in [3.8, 4) is 0 Å². The number of nitrogens with zero attached hydrogens (tertiary/aromatic N) is 4. The van der Waals surface area contributed by atoms with Crippen molar-refractivity contribution in [1.82, 2.24) is 25.0 Å². The molecule has 1 saturated carbocycles. The molecule has 100 valence electrons. The Morgan fingerprint density at radius 2 is 2.17 bits per heavy atom. The first kappa shape index (κ1) is 12.1. The molecule has 0 bridgehead atoms. The number of nitrogens with one attached hydrogen (secondary N) is 1. The van der Waals surface area contributed by atoms with Crippen LogP contribution in [-0.2, 0) is 13.1 Å². The highest BCUT2D eigenvalue weighted by atomic mass is 15.3. The minimum absolute atomic E-state index is 0.939. The fraction of sp³-hybridized carbons (Fsp3) is 0.846. The van der Waals surface area contributed by atoms with E-state index in [9.17, 15) is 0 Å². The van der Waals surface area contributed by atoms with Crippen molar-refractivity contribution in [2.45, 2.75) is 38.8 Å². The smallest absolute Gasteiger partial charge is 0.147 e. The quantitative estimate of drug-likeness (QED) is 0.787. The molecular weight excluding hydrogens is 226 g/mol. The van der Waals surface area contributed by atoms with Gasteiger partial charge in [-0.1, -0.05) is 12.8 Å². The van der Waals surface area contributed by atoms with Gasteiger partial charge >= 0.3 is 0 Å². The Hall–Kier alpha value is -0.940. The van der Waals surface area contributed by atoms with Crippen LogP contribution in [0.25, 0.3) is 0 Å². The second-order valence-corrected chi connectivity index (χ2v) is 5.57. The molecule has 1 aliphatic heterocycles. The van der Waals surface area contributed by atoms with E-state index in [1.807, 2.05) is 6.33 Å². The molecule has 1 fully saturated rings.